The van der Waals surface area contributed by atoms with Crippen molar-refractivity contribution in [3.63, 3.8) is 0 Å². The minimum Gasteiger partial charge on any atom is -0.469 e. The summed E-state index contributed by atoms with van der Waals surface area (Å²) in [5, 5.41) is 0. The molecular formula is C42H50O3. The monoisotopic (exact) mass is 602 g/mol. The molecule has 0 aliphatic heterocycles. The number of hydrogen-bond acceptors (Lipinski definition) is 3. The molecule has 2 aromatic rings. The molecular weight excluding hydrogens is 552 g/mol. The maximum Gasteiger partial charge on any atom is 0.309 e. The second-order valence-corrected chi connectivity index (χ2v) is 14.8. The number of carbonyl (C=O) groups excluding carboxylic acids is 2. The summed E-state index contributed by atoms with van der Waals surface area (Å²) in [7, 11) is 1.38. The second kappa shape index (κ2) is 11.3. The smallest absolute Gasteiger partial charge is 0.309 e. The van der Waals surface area contributed by atoms with Crippen LogP contribution >= 0.6 is 0 Å². The minimum atomic E-state index is -0.436. The van der Waals surface area contributed by atoms with E-state index in [-0.39, 0.29) is 34.4 Å². The van der Waals surface area contributed by atoms with Gasteiger partial charge in [-0.1, -0.05) is 94.5 Å². The molecule has 0 bridgehead atoms. The lowest BCUT2D eigenvalue weighted by atomic mass is 9.41. The fourth-order valence-corrected chi connectivity index (χ4v) is 9.57. The van der Waals surface area contributed by atoms with Crippen LogP contribution in [-0.4, -0.2) is 18.9 Å². The summed E-state index contributed by atoms with van der Waals surface area (Å²) in [5.41, 5.74) is 15.1. The van der Waals surface area contributed by atoms with Gasteiger partial charge in [0.25, 0.3) is 0 Å². The molecule has 5 rings (SSSR count). The van der Waals surface area contributed by atoms with Gasteiger partial charge in [-0.2, -0.15) is 0 Å². The molecule has 2 aromatic carbocycles. The van der Waals surface area contributed by atoms with E-state index in [0.717, 1.165) is 41.5 Å². The molecule has 0 saturated heterocycles. The number of methoxy groups -OCH3 is 1. The Morgan fingerprint density at radius 2 is 1.71 bits per heavy atom. The molecule has 3 aliphatic rings. The number of ketones is 1. The molecule has 236 valence electrons. The molecule has 0 fully saturated rings. The lowest BCUT2D eigenvalue weighted by Crippen LogP contribution is -2.52. The van der Waals surface area contributed by atoms with E-state index in [0.29, 0.717) is 12.0 Å². The van der Waals surface area contributed by atoms with Gasteiger partial charge >= 0.3 is 5.97 Å². The number of benzene rings is 2. The van der Waals surface area contributed by atoms with Crippen LogP contribution in [0.5, 0.6) is 0 Å². The first-order chi connectivity index (χ1) is 21.0. The van der Waals surface area contributed by atoms with E-state index in [1.807, 2.05) is 25.1 Å². The third-order valence-corrected chi connectivity index (χ3v) is 11.8. The highest BCUT2D eigenvalue weighted by molar-refractivity contribution is 5.99. The van der Waals surface area contributed by atoms with Gasteiger partial charge in [0.15, 0.2) is 5.78 Å². The van der Waals surface area contributed by atoms with Crippen LogP contribution in [0.3, 0.4) is 0 Å². The number of hydrogen-bond donors (Lipinski definition) is 0. The average molecular weight is 603 g/mol. The number of ether oxygens (including phenoxy) is 1. The maximum atomic E-state index is 13.4. The summed E-state index contributed by atoms with van der Waals surface area (Å²) in [6, 6.07) is 12.3. The third-order valence-electron chi connectivity index (χ3n) is 11.8. The van der Waals surface area contributed by atoms with Gasteiger partial charge in [-0.05, 0) is 120 Å². The van der Waals surface area contributed by atoms with E-state index in [1.165, 1.54) is 51.7 Å². The van der Waals surface area contributed by atoms with Crippen molar-refractivity contribution in [2.75, 3.05) is 7.11 Å². The topological polar surface area (TPSA) is 43.4 Å². The summed E-state index contributed by atoms with van der Waals surface area (Å²) in [6.07, 6.45) is 3.65. The van der Waals surface area contributed by atoms with E-state index >= 15 is 0 Å². The Hall–Kier alpha value is -3.72. The Balaban J connectivity index is 1.63. The highest BCUT2D eigenvalue weighted by Gasteiger charge is 2.59. The summed E-state index contributed by atoms with van der Waals surface area (Å²) < 4.78 is 4.94. The largest absolute Gasteiger partial charge is 0.469 e. The predicted molar refractivity (Wildman–Crippen MR) is 187 cm³/mol. The Labute approximate surface area is 270 Å². The van der Waals surface area contributed by atoms with E-state index in [2.05, 4.69) is 73.2 Å². The van der Waals surface area contributed by atoms with Gasteiger partial charge in [0.05, 0.1) is 13.0 Å². The molecule has 0 aromatic heterocycles. The SMILES string of the molecule is C=C(C)C1=C(C)C[C@@]2(C)C[C@@]3(C)Cc4c(-c5cccc(C(=O)CC(CC)C(=O)OC)c5)ccc(C)c4C(=C)C3=C(C)[C@@]2(C)C1=C. The number of fused-ring (bicyclic) bond motifs is 3. The molecule has 0 N–H and O–H groups in total. The number of aryl methyl sites for hydroxylation is 1. The quantitative estimate of drug-likeness (QED) is 0.234. The minimum absolute atomic E-state index is 0.000979. The Kier molecular flexibility index (Phi) is 8.18. The molecule has 0 radical (unpaired) electrons. The van der Waals surface area contributed by atoms with Crippen molar-refractivity contribution in [2.45, 2.75) is 87.5 Å². The van der Waals surface area contributed by atoms with Crippen LogP contribution in [0, 0.1) is 29.1 Å². The molecule has 0 spiro atoms. The lowest BCUT2D eigenvalue weighted by Gasteiger charge is -2.62. The second-order valence-electron chi connectivity index (χ2n) is 14.8. The molecule has 0 amide bonds. The van der Waals surface area contributed by atoms with Gasteiger partial charge in [-0.15, -0.1) is 0 Å². The van der Waals surface area contributed by atoms with E-state index < -0.39 is 5.92 Å². The van der Waals surface area contributed by atoms with E-state index in [9.17, 15) is 9.59 Å². The van der Waals surface area contributed by atoms with Crippen molar-refractivity contribution in [1.29, 1.82) is 0 Å². The summed E-state index contributed by atoms with van der Waals surface area (Å²) in [4.78, 5) is 25.6. The fraction of sp³-hybridized carbons (Fsp3) is 0.429. The molecule has 1 unspecified atom stereocenters. The highest BCUT2D eigenvalue weighted by Crippen LogP contribution is 2.70. The normalized spacial score (nSPS) is 26.6. The van der Waals surface area contributed by atoms with Crippen LogP contribution in [0.25, 0.3) is 16.7 Å². The zero-order chi connectivity index (χ0) is 33.2. The summed E-state index contributed by atoms with van der Waals surface area (Å²) >= 11 is 0. The Bertz CT molecular complexity index is 1740. The molecule has 3 nitrogen and oxygen atoms in total. The number of rotatable bonds is 7. The van der Waals surface area contributed by atoms with Gasteiger partial charge in [0.1, 0.15) is 0 Å². The van der Waals surface area contributed by atoms with Gasteiger partial charge in [-0.3, -0.25) is 9.59 Å². The van der Waals surface area contributed by atoms with Crippen LogP contribution < -0.4 is 0 Å². The van der Waals surface area contributed by atoms with Gasteiger partial charge < -0.3 is 4.74 Å². The first-order valence-electron chi connectivity index (χ1n) is 16.4. The Morgan fingerprint density at radius 1 is 1.02 bits per heavy atom. The predicted octanol–water partition coefficient (Wildman–Crippen LogP) is 10.6. The van der Waals surface area contributed by atoms with Crippen LogP contribution in [0.15, 0.2) is 89.6 Å². The van der Waals surface area contributed by atoms with Crippen molar-refractivity contribution in [1.82, 2.24) is 0 Å². The molecule has 0 heterocycles. The van der Waals surface area contributed by atoms with Crippen molar-refractivity contribution in [3.05, 3.63) is 112 Å². The molecule has 3 heteroatoms. The highest BCUT2D eigenvalue weighted by atomic mass is 16.5. The maximum absolute atomic E-state index is 13.4. The van der Waals surface area contributed by atoms with Gasteiger partial charge in [0.2, 0.25) is 0 Å². The van der Waals surface area contributed by atoms with E-state index in [4.69, 9.17) is 17.9 Å². The first kappa shape index (κ1) is 32.7. The summed E-state index contributed by atoms with van der Waals surface area (Å²) in [6.45, 7) is 32.0. The van der Waals surface area contributed by atoms with Gasteiger partial charge in [0, 0.05) is 17.4 Å². The number of allylic oxidation sites excluding steroid dienone is 7. The van der Waals surface area contributed by atoms with Crippen LogP contribution in [0.1, 0.15) is 101 Å². The molecule has 4 atom stereocenters. The Morgan fingerprint density at radius 3 is 2.33 bits per heavy atom. The molecule has 45 heavy (non-hydrogen) atoms. The van der Waals surface area contributed by atoms with Crippen molar-refractivity contribution in [2.24, 2.45) is 22.2 Å². The lowest BCUT2D eigenvalue weighted by molar-refractivity contribution is -0.145. The average Bonchev–Trinajstić information content (AvgIpc) is 2.97. The van der Waals surface area contributed by atoms with Crippen molar-refractivity contribution >= 4 is 17.3 Å². The fourth-order valence-electron chi connectivity index (χ4n) is 9.57. The molecule has 0 saturated carbocycles. The van der Waals surface area contributed by atoms with Crippen molar-refractivity contribution < 1.29 is 14.3 Å². The molecule has 3 aliphatic carbocycles. The van der Waals surface area contributed by atoms with Crippen molar-refractivity contribution in [3.8, 4) is 11.1 Å². The first-order valence-corrected chi connectivity index (χ1v) is 16.4. The summed E-state index contributed by atoms with van der Waals surface area (Å²) in [5.74, 6) is -0.808. The number of carbonyl (C=O) groups is 2. The zero-order valence-electron chi connectivity index (χ0n) is 28.9. The van der Waals surface area contributed by atoms with Gasteiger partial charge in [-0.25, -0.2) is 0 Å². The third kappa shape index (κ3) is 4.85. The zero-order valence-corrected chi connectivity index (χ0v) is 28.9. The van der Waals surface area contributed by atoms with Crippen LogP contribution in [-0.2, 0) is 16.0 Å². The number of esters is 1. The van der Waals surface area contributed by atoms with E-state index in [1.54, 1.807) is 0 Å². The standard InChI is InChI=1S/C42H50O3/c1-13-30(39(44)45-12)20-35(43)32-16-14-15-31(19-32)33-18-17-25(4)37-27(6)38-29(8)42(11)28(7)36(24(2)3)26(5)21-41(42,10)23-40(38,9)22-34(33)37/h14-19,30H,2,6-7,13,20-23H2,1,3-5,8-12H3/t30?,40-,41+,42-/m1/s1. The number of Topliss-reactive ketones (excluding diaryl/α,β-unsaturated/α-hetero) is 1. The van der Waals surface area contributed by atoms with Crippen LogP contribution in [0.4, 0.5) is 0 Å². The van der Waals surface area contributed by atoms with Crippen LogP contribution in [0.2, 0.25) is 0 Å².